The first-order valence-corrected chi connectivity index (χ1v) is 14.2. The molecule has 12 heteroatoms. The molecule has 1 aromatic carbocycles. The molecular weight excluding hydrogens is 502 g/mol. The Morgan fingerprint density at radius 2 is 1.86 bits per heavy atom. The predicted octanol–water partition coefficient (Wildman–Crippen LogP) is 2.61. The second-order valence-electron chi connectivity index (χ2n) is 9.23. The second kappa shape index (κ2) is 10.7. The zero-order valence-corrected chi connectivity index (χ0v) is 22.0. The van der Waals surface area contributed by atoms with Crippen molar-refractivity contribution in [2.45, 2.75) is 44.6 Å². The van der Waals surface area contributed by atoms with Crippen molar-refractivity contribution in [1.82, 2.24) is 14.5 Å². The van der Waals surface area contributed by atoms with Gasteiger partial charge in [-0.1, -0.05) is 13.8 Å². The van der Waals surface area contributed by atoms with Crippen molar-refractivity contribution in [1.29, 1.82) is 0 Å². The zero-order chi connectivity index (χ0) is 26.0. The average Bonchev–Trinajstić information content (AvgIpc) is 3.20. The monoisotopic (exact) mass is 533 g/mol. The van der Waals surface area contributed by atoms with E-state index in [0.717, 1.165) is 36.4 Å². The molecule has 4 rings (SSSR count). The lowest BCUT2D eigenvalue weighted by molar-refractivity contribution is 0.0965. The molecule has 4 amide bonds. The fourth-order valence-corrected chi connectivity index (χ4v) is 7.58. The normalized spacial score (nSPS) is 18.9. The molecule has 0 aliphatic carbocycles. The molecule has 1 aromatic heterocycles. The maximum absolute atomic E-state index is 13.1. The molecule has 4 N–H and O–H groups in total. The molecule has 0 spiro atoms. The van der Waals surface area contributed by atoms with Crippen molar-refractivity contribution in [2.24, 2.45) is 11.7 Å². The van der Waals surface area contributed by atoms with E-state index in [0.29, 0.717) is 37.0 Å². The summed E-state index contributed by atoms with van der Waals surface area (Å²) in [5, 5.41) is 5.22. The molecule has 1 unspecified atom stereocenters. The SMILES string of the molecule is CCN1CCc2c(sc(NC(=O)c3ccc(S(=O)(=O)N4CCCC(C)C4)cc3)c2C(=O)NC(N)=O)C1. The molecule has 2 aliphatic rings. The number of rotatable bonds is 6. The summed E-state index contributed by atoms with van der Waals surface area (Å²) in [6.45, 7) is 7.32. The number of likely N-dealkylation sites (N-methyl/N-ethyl adjacent to an activating group) is 1. The number of amides is 4. The van der Waals surface area contributed by atoms with Crippen LogP contribution < -0.4 is 16.4 Å². The van der Waals surface area contributed by atoms with Gasteiger partial charge in [-0.3, -0.25) is 19.8 Å². The van der Waals surface area contributed by atoms with Gasteiger partial charge in [0.1, 0.15) is 5.00 Å². The molecule has 0 bridgehead atoms. The van der Waals surface area contributed by atoms with Crippen LogP contribution in [-0.2, 0) is 23.0 Å². The van der Waals surface area contributed by atoms with Gasteiger partial charge in [-0.2, -0.15) is 4.31 Å². The number of urea groups is 1. The molecule has 3 heterocycles. The van der Waals surface area contributed by atoms with Gasteiger partial charge in [0.25, 0.3) is 11.8 Å². The predicted molar refractivity (Wildman–Crippen MR) is 138 cm³/mol. The highest BCUT2D eigenvalue weighted by atomic mass is 32.2. The van der Waals surface area contributed by atoms with Gasteiger partial charge in [-0.05, 0) is 61.6 Å². The maximum Gasteiger partial charge on any atom is 0.319 e. The van der Waals surface area contributed by atoms with E-state index >= 15 is 0 Å². The molecule has 1 fully saturated rings. The highest BCUT2D eigenvalue weighted by molar-refractivity contribution is 7.89. The number of fused-ring (bicyclic) bond motifs is 1. The number of thiophene rings is 1. The van der Waals surface area contributed by atoms with E-state index in [1.54, 1.807) is 0 Å². The standard InChI is InChI=1S/C24H31N5O5S2/c1-3-28-12-10-18-19(14-28)35-23(20(18)22(31)27-24(25)32)26-21(30)16-6-8-17(9-7-16)36(33,34)29-11-4-5-15(2)13-29/h6-9,15H,3-5,10-14H2,1-2H3,(H,26,30)(H3,25,27,31,32). The van der Waals surface area contributed by atoms with Crippen molar-refractivity contribution in [2.75, 3.05) is 31.5 Å². The number of carbonyl (C=O) groups excluding carboxylic acids is 3. The number of piperidine rings is 1. The highest BCUT2D eigenvalue weighted by Crippen LogP contribution is 2.37. The number of anilines is 1. The lowest BCUT2D eigenvalue weighted by Gasteiger charge is -2.30. The maximum atomic E-state index is 13.1. The summed E-state index contributed by atoms with van der Waals surface area (Å²) in [7, 11) is -3.63. The first-order chi connectivity index (χ1) is 17.1. The van der Waals surface area contributed by atoms with Crippen molar-refractivity contribution in [3.8, 4) is 0 Å². The van der Waals surface area contributed by atoms with Crippen LogP contribution in [0.4, 0.5) is 9.80 Å². The van der Waals surface area contributed by atoms with Crippen LogP contribution in [0.5, 0.6) is 0 Å². The van der Waals surface area contributed by atoms with Gasteiger partial charge < -0.3 is 11.1 Å². The van der Waals surface area contributed by atoms with Gasteiger partial charge in [0, 0.05) is 36.6 Å². The number of primary amides is 1. The Morgan fingerprint density at radius 1 is 1.14 bits per heavy atom. The summed E-state index contributed by atoms with van der Waals surface area (Å²) in [5.74, 6) is -0.831. The number of imide groups is 1. The number of nitrogens with one attached hydrogen (secondary N) is 2. The minimum atomic E-state index is -3.63. The van der Waals surface area contributed by atoms with Crippen LogP contribution in [0.3, 0.4) is 0 Å². The molecule has 0 radical (unpaired) electrons. The van der Waals surface area contributed by atoms with Gasteiger partial charge in [0.05, 0.1) is 10.5 Å². The fourth-order valence-electron chi connectivity index (χ4n) is 4.70. The van der Waals surface area contributed by atoms with Crippen molar-refractivity contribution >= 4 is 44.2 Å². The van der Waals surface area contributed by atoms with E-state index in [2.05, 4.69) is 22.5 Å². The third-order valence-electron chi connectivity index (χ3n) is 6.65. The number of carbonyl (C=O) groups is 3. The zero-order valence-electron chi connectivity index (χ0n) is 20.4. The quantitative estimate of drug-likeness (QED) is 0.521. The Labute approximate surface area is 214 Å². The van der Waals surface area contributed by atoms with Crippen LogP contribution in [0.25, 0.3) is 0 Å². The number of benzene rings is 1. The summed E-state index contributed by atoms with van der Waals surface area (Å²) >= 11 is 1.30. The smallest absolute Gasteiger partial charge is 0.319 e. The lowest BCUT2D eigenvalue weighted by Crippen LogP contribution is -2.39. The van der Waals surface area contributed by atoms with Crippen LogP contribution in [0, 0.1) is 5.92 Å². The van der Waals surface area contributed by atoms with E-state index in [1.165, 1.54) is 39.9 Å². The topological polar surface area (TPSA) is 142 Å². The summed E-state index contributed by atoms with van der Waals surface area (Å²) in [5.41, 5.74) is 6.46. The number of sulfonamides is 1. The van der Waals surface area contributed by atoms with E-state index in [9.17, 15) is 22.8 Å². The molecule has 1 saturated heterocycles. The van der Waals surface area contributed by atoms with Gasteiger partial charge >= 0.3 is 6.03 Å². The van der Waals surface area contributed by atoms with E-state index in [-0.39, 0.29) is 16.0 Å². The summed E-state index contributed by atoms with van der Waals surface area (Å²) in [6, 6.07) is 4.82. The van der Waals surface area contributed by atoms with Gasteiger partial charge in [-0.15, -0.1) is 11.3 Å². The Morgan fingerprint density at radius 3 is 2.50 bits per heavy atom. The fraction of sp³-hybridized carbons (Fsp3) is 0.458. The number of nitrogens with zero attached hydrogens (tertiary/aromatic N) is 2. The third kappa shape index (κ3) is 5.46. The summed E-state index contributed by atoms with van der Waals surface area (Å²) in [6.07, 6.45) is 2.44. The van der Waals surface area contributed by atoms with Gasteiger partial charge in [0.15, 0.2) is 0 Å². The van der Waals surface area contributed by atoms with E-state index < -0.39 is 27.9 Å². The first-order valence-electron chi connectivity index (χ1n) is 12.0. The molecule has 0 saturated carbocycles. The Balaban J connectivity index is 1.56. The Hall–Kier alpha value is -2.80. The summed E-state index contributed by atoms with van der Waals surface area (Å²) in [4.78, 5) is 40.4. The second-order valence-corrected chi connectivity index (χ2v) is 12.3. The minimum Gasteiger partial charge on any atom is -0.351 e. The molecular formula is C24H31N5O5S2. The lowest BCUT2D eigenvalue weighted by atomic mass is 10.0. The molecule has 1 atom stereocenters. The Bertz CT molecular complexity index is 1270. The third-order valence-corrected chi connectivity index (χ3v) is 9.66. The van der Waals surface area contributed by atoms with Crippen LogP contribution in [0.1, 0.15) is 57.8 Å². The van der Waals surface area contributed by atoms with Crippen molar-refractivity contribution in [3.05, 3.63) is 45.8 Å². The van der Waals surface area contributed by atoms with Gasteiger partial charge in [-0.25, -0.2) is 13.2 Å². The van der Waals surface area contributed by atoms with Gasteiger partial charge in [0.2, 0.25) is 10.0 Å². The van der Waals surface area contributed by atoms with Crippen molar-refractivity contribution in [3.63, 3.8) is 0 Å². The number of nitrogens with two attached hydrogens (primary N) is 1. The van der Waals surface area contributed by atoms with E-state index in [1.807, 2.05) is 6.92 Å². The Kier molecular flexibility index (Phi) is 7.79. The molecule has 36 heavy (non-hydrogen) atoms. The highest BCUT2D eigenvalue weighted by Gasteiger charge is 2.30. The molecule has 194 valence electrons. The molecule has 10 nitrogen and oxygen atoms in total. The van der Waals surface area contributed by atoms with E-state index in [4.69, 9.17) is 5.73 Å². The van der Waals surface area contributed by atoms with Crippen LogP contribution >= 0.6 is 11.3 Å². The first kappa shape index (κ1) is 26.3. The molecule has 2 aromatic rings. The summed E-state index contributed by atoms with van der Waals surface area (Å²) < 4.78 is 27.5. The average molecular weight is 534 g/mol. The number of hydrogen-bond donors (Lipinski definition) is 3. The number of hydrogen-bond acceptors (Lipinski definition) is 7. The largest absolute Gasteiger partial charge is 0.351 e. The van der Waals surface area contributed by atoms with Crippen LogP contribution in [0.2, 0.25) is 0 Å². The van der Waals surface area contributed by atoms with Crippen LogP contribution in [-0.4, -0.2) is 61.6 Å². The molecule has 2 aliphatic heterocycles. The van der Waals surface area contributed by atoms with Crippen LogP contribution in [0.15, 0.2) is 29.2 Å². The minimum absolute atomic E-state index is 0.140. The van der Waals surface area contributed by atoms with Crippen molar-refractivity contribution < 1.29 is 22.8 Å².